The van der Waals surface area contributed by atoms with Crippen molar-refractivity contribution in [3.05, 3.63) is 70.9 Å². The van der Waals surface area contributed by atoms with Crippen LogP contribution in [0, 0.1) is 5.82 Å². The molecule has 5 nitrogen and oxygen atoms in total. The summed E-state index contributed by atoms with van der Waals surface area (Å²) in [6, 6.07) is 14.8. The van der Waals surface area contributed by atoms with E-state index < -0.39 is 11.7 Å². The number of nitrogens with one attached hydrogen (secondary N) is 1. The van der Waals surface area contributed by atoms with E-state index in [1.54, 1.807) is 6.92 Å². The van der Waals surface area contributed by atoms with Crippen molar-refractivity contribution in [2.45, 2.75) is 13.3 Å². The number of benzene rings is 2. The number of carbonyl (C=O) groups is 2. The molecular formula is C20H17FN2O3S. The minimum Gasteiger partial charge on any atom is -0.466 e. The number of anilines is 1. The summed E-state index contributed by atoms with van der Waals surface area (Å²) < 4.78 is 18.3. The molecule has 2 aromatic carbocycles. The van der Waals surface area contributed by atoms with E-state index in [2.05, 4.69) is 10.3 Å². The lowest BCUT2D eigenvalue weighted by Crippen LogP contribution is -2.11. The zero-order valence-corrected chi connectivity index (χ0v) is 15.4. The van der Waals surface area contributed by atoms with Crippen LogP contribution >= 0.6 is 11.3 Å². The molecule has 1 amide bonds. The van der Waals surface area contributed by atoms with Crippen molar-refractivity contribution in [2.24, 2.45) is 0 Å². The van der Waals surface area contributed by atoms with Crippen molar-refractivity contribution in [3.63, 3.8) is 0 Å². The molecule has 3 rings (SSSR count). The van der Waals surface area contributed by atoms with E-state index in [0.29, 0.717) is 22.3 Å². The highest BCUT2D eigenvalue weighted by atomic mass is 32.1. The quantitative estimate of drug-likeness (QED) is 0.643. The molecule has 0 fully saturated rings. The van der Waals surface area contributed by atoms with E-state index >= 15 is 0 Å². The highest BCUT2D eigenvalue weighted by Crippen LogP contribution is 2.32. The van der Waals surface area contributed by atoms with Gasteiger partial charge in [-0.25, -0.2) is 9.37 Å². The molecule has 0 unspecified atom stereocenters. The van der Waals surface area contributed by atoms with Gasteiger partial charge >= 0.3 is 5.97 Å². The topological polar surface area (TPSA) is 68.3 Å². The van der Waals surface area contributed by atoms with E-state index in [1.807, 2.05) is 30.3 Å². The van der Waals surface area contributed by atoms with Crippen molar-refractivity contribution in [3.8, 4) is 11.3 Å². The lowest BCUT2D eigenvalue weighted by molar-refractivity contribution is -0.142. The Morgan fingerprint density at radius 3 is 2.63 bits per heavy atom. The van der Waals surface area contributed by atoms with Crippen LogP contribution in [0.2, 0.25) is 0 Å². The average Bonchev–Trinajstić information content (AvgIpc) is 3.04. The molecule has 0 saturated carbocycles. The summed E-state index contributed by atoms with van der Waals surface area (Å²) in [5.74, 6) is -1.32. The maximum atomic E-state index is 13.3. The fourth-order valence-electron chi connectivity index (χ4n) is 2.49. The van der Waals surface area contributed by atoms with Gasteiger partial charge in [0.05, 0.1) is 18.7 Å². The molecule has 0 atom stereocenters. The van der Waals surface area contributed by atoms with Crippen LogP contribution in [0.1, 0.15) is 22.2 Å². The first-order valence-corrected chi connectivity index (χ1v) is 9.16. The molecule has 1 heterocycles. The van der Waals surface area contributed by atoms with E-state index in [9.17, 15) is 14.0 Å². The van der Waals surface area contributed by atoms with Crippen LogP contribution < -0.4 is 5.32 Å². The third-order valence-corrected chi connectivity index (χ3v) is 4.63. The Morgan fingerprint density at radius 2 is 1.93 bits per heavy atom. The van der Waals surface area contributed by atoms with Gasteiger partial charge in [-0.3, -0.25) is 14.9 Å². The molecule has 0 aliphatic heterocycles. The van der Waals surface area contributed by atoms with Crippen molar-refractivity contribution < 1.29 is 18.7 Å². The smallest absolute Gasteiger partial charge is 0.311 e. The van der Waals surface area contributed by atoms with Gasteiger partial charge < -0.3 is 4.74 Å². The number of carbonyl (C=O) groups excluding carboxylic acids is 2. The van der Waals surface area contributed by atoms with Crippen LogP contribution in [0.4, 0.5) is 9.52 Å². The number of nitrogens with zero attached hydrogens (tertiary/aromatic N) is 1. The van der Waals surface area contributed by atoms with Gasteiger partial charge in [0.1, 0.15) is 5.82 Å². The summed E-state index contributed by atoms with van der Waals surface area (Å²) in [4.78, 5) is 29.4. The second-order valence-corrected chi connectivity index (χ2v) is 6.69. The molecule has 27 heavy (non-hydrogen) atoms. The Kier molecular flexibility index (Phi) is 5.93. The van der Waals surface area contributed by atoms with Crippen LogP contribution in [0.15, 0.2) is 54.6 Å². The van der Waals surface area contributed by atoms with Gasteiger partial charge in [-0.05, 0) is 25.1 Å². The van der Waals surface area contributed by atoms with Gasteiger partial charge in [-0.2, -0.15) is 0 Å². The Morgan fingerprint density at radius 1 is 1.15 bits per heavy atom. The molecule has 0 spiro atoms. The van der Waals surface area contributed by atoms with Gasteiger partial charge in [-0.15, -0.1) is 11.3 Å². The van der Waals surface area contributed by atoms with Crippen LogP contribution in [0.25, 0.3) is 11.3 Å². The maximum Gasteiger partial charge on any atom is 0.311 e. The predicted octanol–water partition coefficient (Wildman–Crippen LogP) is 4.31. The fourth-order valence-corrected chi connectivity index (χ4v) is 3.45. The number of thiazole rings is 1. The van der Waals surface area contributed by atoms with Crippen molar-refractivity contribution in [1.82, 2.24) is 4.98 Å². The number of hydrogen-bond donors (Lipinski definition) is 1. The van der Waals surface area contributed by atoms with Gasteiger partial charge in [-0.1, -0.05) is 36.4 Å². The largest absolute Gasteiger partial charge is 0.466 e. The third-order valence-electron chi connectivity index (χ3n) is 3.66. The van der Waals surface area contributed by atoms with Crippen molar-refractivity contribution in [1.29, 1.82) is 0 Å². The van der Waals surface area contributed by atoms with Gasteiger partial charge in [0.2, 0.25) is 0 Å². The van der Waals surface area contributed by atoms with Gasteiger partial charge in [0.15, 0.2) is 5.13 Å². The maximum absolute atomic E-state index is 13.3. The first kappa shape index (κ1) is 18.7. The number of ether oxygens (including phenoxy) is 1. The second kappa shape index (κ2) is 8.55. The molecular weight excluding hydrogens is 367 g/mol. The minimum absolute atomic E-state index is 0.0611. The molecule has 0 radical (unpaired) electrons. The number of amides is 1. The Balaban J connectivity index is 1.88. The normalized spacial score (nSPS) is 10.4. The first-order chi connectivity index (χ1) is 13.1. The summed E-state index contributed by atoms with van der Waals surface area (Å²) >= 11 is 1.20. The highest BCUT2D eigenvalue weighted by Gasteiger charge is 2.18. The van der Waals surface area contributed by atoms with Gasteiger partial charge in [0, 0.05) is 16.0 Å². The van der Waals surface area contributed by atoms with Crippen LogP contribution in [0.3, 0.4) is 0 Å². The number of aromatic nitrogens is 1. The fraction of sp³-hybridized carbons (Fsp3) is 0.150. The SMILES string of the molecule is CCOC(=O)Cc1sc(NC(=O)c2cccc(F)c2)nc1-c1ccccc1. The van der Waals surface area contributed by atoms with Crippen molar-refractivity contribution in [2.75, 3.05) is 11.9 Å². The van der Waals surface area contributed by atoms with E-state index in [4.69, 9.17) is 4.74 Å². The lowest BCUT2D eigenvalue weighted by atomic mass is 10.1. The zero-order chi connectivity index (χ0) is 19.2. The van der Waals surface area contributed by atoms with E-state index in [0.717, 1.165) is 11.6 Å². The molecule has 0 bridgehead atoms. The first-order valence-electron chi connectivity index (χ1n) is 8.34. The zero-order valence-electron chi connectivity index (χ0n) is 14.6. The number of halogens is 1. The molecule has 1 aromatic heterocycles. The second-order valence-electron chi connectivity index (χ2n) is 5.60. The van der Waals surface area contributed by atoms with Gasteiger partial charge in [0.25, 0.3) is 5.91 Å². The molecule has 138 valence electrons. The Bertz CT molecular complexity index is 957. The van der Waals surface area contributed by atoms with Crippen molar-refractivity contribution >= 4 is 28.3 Å². The Labute approximate surface area is 159 Å². The summed E-state index contributed by atoms with van der Waals surface area (Å²) in [6.07, 6.45) is 0.0611. The highest BCUT2D eigenvalue weighted by molar-refractivity contribution is 7.16. The molecule has 1 N–H and O–H groups in total. The third kappa shape index (κ3) is 4.77. The molecule has 0 aliphatic carbocycles. The number of esters is 1. The standard InChI is InChI=1S/C20H17FN2O3S/c1-2-26-17(24)12-16-18(13-7-4-3-5-8-13)22-20(27-16)23-19(25)14-9-6-10-15(21)11-14/h3-11H,2,12H2,1H3,(H,22,23,25). The summed E-state index contributed by atoms with van der Waals surface area (Å²) in [7, 11) is 0. The number of hydrogen-bond acceptors (Lipinski definition) is 5. The summed E-state index contributed by atoms with van der Waals surface area (Å²) in [5.41, 5.74) is 1.64. The average molecular weight is 384 g/mol. The van der Waals surface area contributed by atoms with E-state index in [-0.39, 0.29) is 18.0 Å². The summed E-state index contributed by atoms with van der Waals surface area (Å²) in [5, 5.41) is 3.01. The van der Waals surface area contributed by atoms with Crippen LogP contribution in [0.5, 0.6) is 0 Å². The lowest BCUT2D eigenvalue weighted by Gasteiger charge is -2.02. The van der Waals surface area contributed by atoms with Crippen LogP contribution in [-0.4, -0.2) is 23.5 Å². The molecule has 0 aliphatic rings. The Hall–Kier alpha value is -3.06. The van der Waals surface area contributed by atoms with E-state index in [1.165, 1.54) is 29.5 Å². The number of rotatable bonds is 6. The summed E-state index contributed by atoms with van der Waals surface area (Å²) in [6.45, 7) is 2.04. The minimum atomic E-state index is -0.491. The molecule has 3 aromatic rings. The molecule has 7 heteroatoms. The molecule has 0 saturated heterocycles. The van der Waals surface area contributed by atoms with Crippen LogP contribution in [-0.2, 0) is 16.0 Å². The predicted molar refractivity (Wildman–Crippen MR) is 102 cm³/mol. The monoisotopic (exact) mass is 384 g/mol.